The van der Waals surface area contributed by atoms with Gasteiger partial charge >= 0.3 is 6.03 Å². The average molecular weight is 391 g/mol. The summed E-state index contributed by atoms with van der Waals surface area (Å²) >= 11 is 1.74. The second-order valence-electron chi connectivity index (χ2n) is 6.46. The van der Waals surface area contributed by atoms with Crippen LogP contribution in [0.2, 0.25) is 0 Å². The molecule has 0 saturated carbocycles. The number of rotatable bonds is 6. The number of methoxy groups -OCH3 is 1. The van der Waals surface area contributed by atoms with Crippen molar-refractivity contribution in [2.45, 2.75) is 26.7 Å². The van der Waals surface area contributed by atoms with Crippen LogP contribution in [0.1, 0.15) is 22.0 Å². The quantitative estimate of drug-likeness (QED) is 0.760. The third kappa shape index (κ3) is 5.06. The van der Waals surface area contributed by atoms with Crippen molar-refractivity contribution in [2.75, 3.05) is 44.7 Å². The molecule has 0 aromatic carbocycles. The molecule has 0 unspecified atom stereocenters. The number of aromatic nitrogens is 3. The smallest absolute Gasteiger partial charge is 0.317 e. The zero-order valence-electron chi connectivity index (χ0n) is 16.1. The summed E-state index contributed by atoms with van der Waals surface area (Å²) in [5, 5.41) is 4.16. The second kappa shape index (κ2) is 8.98. The van der Waals surface area contributed by atoms with Crippen LogP contribution in [-0.2, 0) is 6.42 Å². The van der Waals surface area contributed by atoms with Crippen LogP contribution >= 0.6 is 11.3 Å². The van der Waals surface area contributed by atoms with Crippen molar-refractivity contribution in [1.29, 1.82) is 0 Å². The third-order valence-electron chi connectivity index (χ3n) is 4.59. The predicted octanol–water partition coefficient (Wildman–Crippen LogP) is 2.02. The van der Waals surface area contributed by atoms with Crippen LogP contribution in [0.25, 0.3) is 0 Å². The Kier molecular flexibility index (Phi) is 6.44. The molecule has 1 fully saturated rings. The zero-order valence-corrected chi connectivity index (χ0v) is 16.9. The van der Waals surface area contributed by atoms with Gasteiger partial charge in [0.2, 0.25) is 11.8 Å². The molecule has 2 aromatic heterocycles. The lowest BCUT2D eigenvalue weighted by Gasteiger charge is -2.34. The third-order valence-corrected chi connectivity index (χ3v) is 5.73. The minimum absolute atomic E-state index is 0.00675. The number of thiazole rings is 1. The van der Waals surface area contributed by atoms with Crippen molar-refractivity contribution >= 4 is 23.3 Å². The number of aryl methyl sites for hydroxylation is 3. The van der Waals surface area contributed by atoms with Gasteiger partial charge in [0.15, 0.2) is 0 Å². The first kappa shape index (κ1) is 19.3. The molecule has 2 aromatic rings. The molecule has 146 valence electrons. The summed E-state index contributed by atoms with van der Waals surface area (Å²) in [6.07, 6.45) is 3.49. The van der Waals surface area contributed by atoms with E-state index in [9.17, 15) is 4.79 Å². The van der Waals surface area contributed by atoms with Gasteiger partial charge in [0.25, 0.3) is 0 Å². The van der Waals surface area contributed by atoms with Crippen molar-refractivity contribution in [3.05, 3.63) is 27.8 Å². The second-order valence-corrected chi connectivity index (χ2v) is 7.75. The molecule has 0 aliphatic carbocycles. The Labute approximate surface area is 163 Å². The highest BCUT2D eigenvalue weighted by atomic mass is 32.1. The molecule has 0 radical (unpaired) electrons. The van der Waals surface area contributed by atoms with Crippen LogP contribution in [0.4, 0.5) is 10.7 Å². The number of urea groups is 1. The Morgan fingerprint density at radius 2 is 2.04 bits per heavy atom. The highest BCUT2D eigenvalue weighted by molar-refractivity contribution is 7.11. The lowest BCUT2D eigenvalue weighted by molar-refractivity contribution is 0.194. The van der Waals surface area contributed by atoms with Crippen molar-refractivity contribution in [3.8, 4) is 5.88 Å². The van der Waals surface area contributed by atoms with Gasteiger partial charge in [0, 0.05) is 56.3 Å². The SMILES string of the molecule is COc1ccnc(N2CCN(C(=O)NCCCc3nc(C)c(C)s3)CC2)n1. The van der Waals surface area contributed by atoms with Gasteiger partial charge < -0.3 is 19.9 Å². The first-order valence-electron chi connectivity index (χ1n) is 9.14. The summed E-state index contributed by atoms with van der Waals surface area (Å²) < 4.78 is 5.14. The number of anilines is 1. The Hall–Kier alpha value is -2.42. The van der Waals surface area contributed by atoms with Gasteiger partial charge in [-0.1, -0.05) is 0 Å². The van der Waals surface area contributed by atoms with Crippen molar-refractivity contribution in [2.24, 2.45) is 0 Å². The topological polar surface area (TPSA) is 83.5 Å². The van der Waals surface area contributed by atoms with E-state index in [0.717, 1.165) is 23.5 Å². The first-order valence-corrected chi connectivity index (χ1v) is 9.96. The highest BCUT2D eigenvalue weighted by Gasteiger charge is 2.22. The molecular formula is C18H26N6O2S. The Balaban J connectivity index is 1.39. The molecule has 8 nitrogen and oxygen atoms in total. The molecule has 0 spiro atoms. The number of amides is 2. The molecule has 1 saturated heterocycles. The van der Waals surface area contributed by atoms with Gasteiger partial charge in [-0.3, -0.25) is 0 Å². The summed E-state index contributed by atoms with van der Waals surface area (Å²) in [7, 11) is 1.59. The van der Waals surface area contributed by atoms with Gasteiger partial charge in [-0.2, -0.15) is 4.98 Å². The number of nitrogens with zero attached hydrogens (tertiary/aromatic N) is 5. The molecule has 1 aliphatic heterocycles. The Morgan fingerprint density at radius 1 is 1.26 bits per heavy atom. The monoisotopic (exact) mass is 390 g/mol. The standard InChI is InChI=1S/C18H26N6O2S/c1-13-14(2)27-16(21-13)5-4-7-20-18(25)24-11-9-23(10-12-24)17-19-8-6-15(22-17)26-3/h6,8H,4-5,7,9-12H2,1-3H3,(H,20,25). The minimum atomic E-state index is -0.00675. The molecule has 0 bridgehead atoms. The van der Waals surface area contributed by atoms with E-state index in [-0.39, 0.29) is 6.03 Å². The number of carbonyl (C=O) groups is 1. The molecule has 27 heavy (non-hydrogen) atoms. The first-order chi connectivity index (χ1) is 13.1. The lowest BCUT2D eigenvalue weighted by atomic mass is 10.3. The number of piperazine rings is 1. The van der Waals surface area contributed by atoms with Gasteiger partial charge in [-0.25, -0.2) is 14.8 Å². The van der Waals surface area contributed by atoms with E-state index in [1.54, 1.807) is 30.7 Å². The predicted molar refractivity (Wildman–Crippen MR) is 106 cm³/mol. The minimum Gasteiger partial charge on any atom is -0.481 e. The molecule has 0 atom stereocenters. The van der Waals surface area contributed by atoms with Crippen LogP contribution in [0.3, 0.4) is 0 Å². The van der Waals surface area contributed by atoms with Crippen LogP contribution in [-0.4, -0.2) is 65.7 Å². The van der Waals surface area contributed by atoms with Crippen molar-refractivity contribution in [3.63, 3.8) is 0 Å². The van der Waals surface area contributed by atoms with E-state index in [0.29, 0.717) is 44.6 Å². The summed E-state index contributed by atoms with van der Waals surface area (Å²) in [5.41, 5.74) is 1.11. The van der Waals surface area contributed by atoms with E-state index in [4.69, 9.17) is 4.74 Å². The van der Waals surface area contributed by atoms with Crippen LogP contribution in [0, 0.1) is 13.8 Å². The van der Waals surface area contributed by atoms with Crippen LogP contribution < -0.4 is 15.0 Å². The lowest BCUT2D eigenvalue weighted by Crippen LogP contribution is -2.52. The average Bonchev–Trinajstić information content (AvgIpc) is 3.02. The molecule has 3 rings (SSSR count). The number of hydrogen-bond acceptors (Lipinski definition) is 7. The van der Waals surface area contributed by atoms with Crippen molar-refractivity contribution < 1.29 is 9.53 Å². The molecule has 1 N–H and O–H groups in total. The molecule has 3 heterocycles. The Morgan fingerprint density at radius 3 is 2.70 bits per heavy atom. The molecule has 9 heteroatoms. The number of hydrogen-bond donors (Lipinski definition) is 1. The van der Waals surface area contributed by atoms with E-state index >= 15 is 0 Å². The van der Waals surface area contributed by atoms with Crippen molar-refractivity contribution in [1.82, 2.24) is 25.2 Å². The maximum Gasteiger partial charge on any atom is 0.317 e. The summed E-state index contributed by atoms with van der Waals surface area (Å²) in [6.45, 7) is 7.50. The van der Waals surface area contributed by atoms with E-state index < -0.39 is 0 Å². The maximum atomic E-state index is 12.3. The van der Waals surface area contributed by atoms with E-state index in [1.165, 1.54) is 4.88 Å². The van der Waals surface area contributed by atoms with Crippen LogP contribution in [0.5, 0.6) is 5.88 Å². The van der Waals surface area contributed by atoms with E-state index in [2.05, 4.69) is 32.1 Å². The summed E-state index contributed by atoms with van der Waals surface area (Å²) in [4.78, 5) is 30.7. The molecule has 2 amide bonds. The largest absolute Gasteiger partial charge is 0.481 e. The maximum absolute atomic E-state index is 12.3. The van der Waals surface area contributed by atoms with E-state index in [1.807, 2.05) is 11.8 Å². The fourth-order valence-corrected chi connectivity index (χ4v) is 3.88. The number of ether oxygens (including phenoxy) is 1. The molecular weight excluding hydrogens is 364 g/mol. The zero-order chi connectivity index (χ0) is 19.2. The normalized spacial score (nSPS) is 14.3. The van der Waals surface area contributed by atoms with Gasteiger partial charge in [0.05, 0.1) is 17.8 Å². The number of nitrogens with one attached hydrogen (secondary N) is 1. The molecule has 1 aliphatic rings. The van der Waals surface area contributed by atoms with Gasteiger partial charge in [-0.05, 0) is 20.3 Å². The summed E-state index contributed by atoms with van der Waals surface area (Å²) in [6, 6.07) is 1.72. The fraction of sp³-hybridized carbons (Fsp3) is 0.556. The van der Waals surface area contributed by atoms with Gasteiger partial charge in [0.1, 0.15) is 0 Å². The fourth-order valence-electron chi connectivity index (χ4n) is 2.90. The highest BCUT2D eigenvalue weighted by Crippen LogP contribution is 2.17. The Bertz CT molecular complexity index is 753. The summed E-state index contributed by atoms with van der Waals surface area (Å²) in [5.74, 6) is 1.19. The number of carbonyl (C=O) groups excluding carboxylic acids is 1. The van der Waals surface area contributed by atoms with Crippen LogP contribution in [0.15, 0.2) is 12.3 Å². The van der Waals surface area contributed by atoms with Gasteiger partial charge in [-0.15, -0.1) is 11.3 Å².